The molecule has 0 amide bonds. The normalized spacial score (nSPS) is 13.0. The number of halogens is 1. The van der Waals surface area contributed by atoms with Crippen LogP contribution in [0.15, 0.2) is 26.7 Å². The highest BCUT2D eigenvalue weighted by Gasteiger charge is 2.16. The van der Waals surface area contributed by atoms with Crippen LogP contribution < -0.4 is 11.3 Å². The summed E-state index contributed by atoms with van der Waals surface area (Å²) in [6.45, 7) is 2.12. The fraction of sp³-hybridized carbons (Fsp3) is 0.200. The fourth-order valence-corrected chi connectivity index (χ4v) is 3.48. The third kappa shape index (κ3) is 2.32. The van der Waals surface area contributed by atoms with Gasteiger partial charge in [-0.1, -0.05) is 0 Å². The summed E-state index contributed by atoms with van der Waals surface area (Å²) in [6.07, 6.45) is 0. The monoisotopic (exact) mass is 302 g/mol. The van der Waals surface area contributed by atoms with Crippen molar-refractivity contribution in [2.75, 3.05) is 0 Å². The van der Waals surface area contributed by atoms with Gasteiger partial charge in [0.05, 0.1) is 9.83 Å². The van der Waals surface area contributed by atoms with Crippen molar-refractivity contribution in [3.8, 4) is 0 Å². The van der Waals surface area contributed by atoms with Crippen LogP contribution in [-0.4, -0.2) is 0 Å². The van der Waals surface area contributed by atoms with Gasteiger partial charge in [-0.25, -0.2) is 5.43 Å². The van der Waals surface area contributed by atoms with Gasteiger partial charge in [0.25, 0.3) is 0 Å². The van der Waals surface area contributed by atoms with E-state index in [0.717, 1.165) is 3.79 Å². The van der Waals surface area contributed by atoms with E-state index in [1.807, 2.05) is 0 Å². The maximum Gasteiger partial charge on any atom is 0.0729 e. The maximum absolute atomic E-state index is 5.62. The quantitative estimate of drug-likeness (QED) is 0.673. The molecule has 0 fully saturated rings. The number of nitrogens with two attached hydrogens (primary N) is 1. The van der Waals surface area contributed by atoms with Gasteiger partial charge in [0, 0.05) is 4.88 Å². The first-order chi connectivity index (χ1) is 7.22. The van der Waals surface area contributed by atoms with Crippen molar-refractivity contribution in [1.29, 1.82) is 0 Å². The molecule has 0 aromatic carbocycles. The summed E-state index contributed by atoms with van der Waals surface area (Å²) >= 11 is 6.89. The smallest absolute Gasteiger partial charge is 0.0729 e. The molecule has 0 aliphatic carbocycles. The van der Waals surface area contributed by atoms with Crippen molar-refractivity contribution in [1.82, 2.24) is 5.43 Å². The first-order valence-corrected chi connectivity index (χ1v) is 7.01. The molecule has 3 N–H and O–H groups in total. The van der Waals surface area contributed by atoms with E-state index >= 15 is 0 Å². The molecule has 80 valence electrons. The van der Waals surface area contributed by atoms with Gasteiger partial charge in [0.2, 0.25) is 0 Å². The zero-order chi connectivity index (χ0) is 10.8. The summed E-state index contributed by atoms with van der Waals surface area (Å²) in [7, 11) is 0. The highest BCUT2D eigenvalue weighted by Crippen LogP contribution is 2.31. The summed E-state index contributed by atoms with van der Waals surface area (Å²) in [5.74, 6) is 5.62. The van der Waals surface area contributed by atoms with Crippen LogP contribution in [0.25, 0.3) is 0 Å². The van der Waals surface area contributed by atoms with Crippen LogP contribution in [0.1, 0.15) is 22.0 Å². The number of aryl methyl sites for hydroxylation is 1. The van der Waals surface area contributed by atoms with Gasteiger partial charge in [-0.3, -0.25) is 5.84 Å². The lowest BCUT2D eigenvalue weighted by Gasteiger charge is -2.14. The molecule has 0 radical (unpaired) electrons. The van der Waals surface area contributed by atoms with Gasteiger partial charge in [-0.15, -0.1) is 22.7 Å². The maximum atomic E-state index is 5.62. The Morgan fingerprint density at radius 1 is 1.47 bits per heavy atom. The van der Waals surface area contributed by atoms with Crippen molar-refractivity contribution < 1.29 is 0 Å². The van der Waals surface area contributed by atoms with Crippen LogP contribution in [0.2, 0.25) is 0 Å². The standard InChI is InChI=1S/C10H11BrN2S2/c1-6-8(2-3-14-6)10(13-12)7-4-9(11)15-5-7/h2-5,10,13H,12H2,1H3. The predicted molar refractivity (Wildman–Crippen MR) is 70.2 cm³/mol. The highest BCUT2D eigenvalue weighted by molar-refractivity contribution is 9.11. The van der Waals surface area contributed by atoms with Gasteiger partial charge < -0.3 is 0 Å². The Labute approximate surface area is 105 Å². The van der Waals surface area contributed by atoms with E-state index in [-0.39, 0.29) is 6.04 Å². The first kappa shape index (κ1) is 11.3. The summed E-state index contributed by atoms with van der Waals surface area (Å²) in [6, 6.07) is 4.32. The lowest BCUT2D eigenvalue weighted by Crippen LogP contribution is -2.28. The first-order valence-electron chi connectivity index (χ1n) is 4.46. The van der Waals surface area contributed by atoms with Gasteiger partial charge in [-0.05, 0) is 56.9 Å². The van der Waals surface area contributed by atoms with Crippen LogP contribution in [0, 0.1) is 6.92 Å². The minimum Gasteiger partial charge on any atom is -0.271 e. The number of rotatable bonds is 3. The van der Waals surface area contributed by atoms with E-state index in [1.54, 1.807) is 22.7 Å². The Bertz CT molecular complexity index is 450. The Balaban J connectivity index is 2.36. The summed E-state index contributed by atoms with van der Waals surface area (Å²) in [5.41, 5.74) is 5.33. The van der Waals surface area contributed by atoms with Crippen LogP contribution >= 0.6 is 38.6 Å². The number of thiophene rings is 2. The molecule has 2 aromatic heterocycles. The molecule has 0 bridgehead atoms. The molecule has 0 aliphatic heterocycles. The van der Waals surface area contributed by atoms with Gasteiger partial charge in [0.15, 0.2) is 0 Å². The van der Waals surface area contributed by atoms with Crippen LogP contribution in [0.3, 0.4) is 0 Å². The average Bonchev–Trinajstić information content (AvgIpc) is 2.79. The Morgan fingerprint density at radius 2 is 2.27 bits per heavy atom. The topological polar surface area (TPSA) is 38.0 Å². The molecule has 0 saturated carbocycles. The second kappa shape index (κ2) is 4.76. The Kier molecular flexibility index (Phi) is 3.58. The zero-order valence-corrected chi connectivity index (χ0v) is 11.4. The number of nitrogens with one attached hydrogen (secondary N) is 1. The number of hydrazine groups is 1. The number of hydrogen-bond donors (Lipinski definition) is 2. The molecule has 2 rings (SSSR count). The van der Waals surface area contributed by atoms with Crippen molar-refractivity contribution in [2.24, 2.45) is 5.84 Å². The van der Waals surface area contributed by atoms with Crippen LogP contribution in [0.5, 0.6) is 0 Å². The summed E-state index contributed by atoms with van der Waals surface area (Å²) in [4.78, 5) is 1.31. The van der Waals surface area contributed by atoms with Crippen molar-refractivity contribution in [3.05, 3.63) is 42.7 Å². The van der Waals surface area contributed by atoms with Crippen LogP contribution in [-0.2, 0) is 0 Å². The molecule has 1 atom stereocenters. The van der Waals surface area contributed by atoms with Gasteiger partial charge >= 0.3 is 0 Å². The van der Waals surface area contributed by atoms with Crippen molar-refractivity contribution in [3.63, 3.8) is 0 Å². The molecule has 0 spiro atoms. The SMILES string of the molecule is Cc1sccc1C(NN)c1csc(Br)c1. The number of hydrogen-bond acceptors (Lipinski definition) is 4. The van der Waals surface area contributed by atoms with Gasteiger partial charge in [-0.2, -0.15) is 0 Å². The lowest BCUT2D eigenvalue weighted by molar-refractivity contribution is 0.638. The third-order valence-corrected chi connectivity index (χ3v) is 4.68. The summed E-state index contributed by atoms with van der Waals surface area (Å²) in [5, 5.41) is 4.21. The second-order valence-corrected chi connectivity index (χ2v) is 6.63. The predicted octanol–water partition coefficient (Wildman–Crippen LogP) is 3.43. The van der Waals surface area contributed by atoms with Gasteiger partial charge in [0.1, 0.15) is 0 Å². The third-order valence-electron chi connectivity index (χ3n) is 2.30. The Morgan fingerprint density at radius 3 is 2.73 bits per heavy atom. The van der Waals surface area contributed by atoms with E-state index < -0.39 is 0 Å². The largest absolute Gasteiger partial charge is 0.271 e. The van der Waals surface area contributed by atoms with E-state index in [2.05, 4.69) is 51.2 Å². The van der Waals surface area contributed by atoms with Crippen molar-refractivity contribution >= 4 is 38.6 Å². The summed E-state index contributed by atoms with van der Waals surface area (Å²) < 4.78 is 1.13. The van der Waals surface area contributed by atoms with Crippen molar-refractivity contribution in [2.45, 2.75) is 13.0 Å². The molecule has 2 aromatic rings. The molecular weight excluding hydrogens is 292 g/mol. The second-order valence-electron chi connectivity index (χ2n) is 3.22. The molecule has 15 heavy (non-hydrogen) atoms. The zero-order valence-electron chi connectivity index (χ0n) is 8.16. The molecule has 5 heteroatoms. The minimum atomic E-state index is 0.0961. The van der Waals surface area contributed by atoms with E-state index in [1.165, 1.54) is 16.0 Å². The Hall–Kier alpha value is -0.200. The van der Waals surface area contributed by atoms with Crippen LogP contribution in [0.4, 0.5) is 0 Å². The molecule has 2 nitrogen and oxygen atoms in total. The molecular formula is C10H11BrN2S2. The fourth-order valence-electron chi connectivity index (χ4n) is 1.53. The molecule has 0 aliphatic rings. The average molecular weight is 303 g/mol. The molecule has 1 unspecified atom stereocenters. The molecule has 0 saturated heterocycles. The van der Waals surface area contributed by atoms with E-state index in [0.29, 0.717) is 0 Å². The van der Waals surface area contributed by atoms with E-state index in [9.17, 15) is 0 Å². The highest BCUT2D eigenvalue weighted by atomic mass is 79.9. The molecule has 2 heterocycles. The van der Waals surface area contributed by atoms with E-state index in [4.69, 9.17) is 5.84 Å². The minimum absolute atomic E-state index is 0.0961. The lowest BCUT2D eigenvalue weighted by atomic mass is 10.0.